The van der Waals surface area contributed by atoms with Gasteiger partial charge in [0.2, 0.25) is 5.88 Å². The Hall–Kier alpha value is -1.09. The second-order valence-corrected chi connectivity index (χ2v) is 5.03. The summed E-state index contributed by atoms with van der Waals surface area (Å²) in [6.45, 7) is 2.23. The van der Waals surface area contributed by atoms with Crippen LogP contribution in [-0.2, 0) is 0 Å². The number of ether oxygens (including phenoxy) is 1. The lowest BCUT2D eigenvalue weighted by Crippen LogP contribution is -2.01. The number of aliphatic hydroxyl groups excluding tert-OH is 1. The fourth-order valence-electron chi connectivity index (χ4n) is 2.17. The molecule has 1 heterocycles. The number of rotatable bonds is 10. The van der Waals surface area contributed by atoms with Crippen LogP contribution in [0.3, 0.4) is 0 Å². The van der Waals surface area contributed by atoms with Crippen molar-refractivity contribution in [1.29, 1.82) is 0 Å². The van der Waals surface area contributed by atoms with Crippen LogP contribution in [0, 0.1) is 0 Å². The van der Waals surface area contributed by atoms with Crippen LogP contribution in [0.5, 0.6) is 5.88 Å². The zero-order chi connectivity index (χ0) is 13.9. The molecule has 19 heavy (non-hydrogen) atoms. The minimum atomic E-state index is -0.467. The van der Waals surface area contributed by atoms with E-state index in [0.29, 0.717) is 11.6 Å². The summed E-state index contributed by atoms with van der Waals surface area (Å²) in [5.74, 6) is 0.566. The van der Waals surface area contributed by atoms with E-state index in [1.54, 1.807) is 13.2 Å². The van der Waals surface area contributed by atoms with Gasteiger partial charge in [-0.25, -0.2) is 4.98 Å². The first-order chi connectivity index (χ1) is 9.27. The monoisotopic (exact) mass is 265 g/mol. The van der Waals surface area contributed by atoms with Gasteiger partial charge < -0.3 is 9.84 Å². The summed E-state index contributed by atoms with van der Waals surface area (Å²) in [4.78, 5) is 4.26. The van der Waals surface area contributed by atoms with Crippen LogP contribution in [-0.4, -0.2) is 17.2 Å². The molecule has 0 aliphatic carbocycles. The zero-order valence-electron chi connectivity index (χ0n) is 12.3. The molecule has 1 N–H and O–H groups in total. The highest BCUT2D eigenvalue weighted by molar-refractivity contribution is 5.17. The largest absolute Gasteiger partial charge is 0.481 e. The molecule has 0 amide bonds. The average molecular weight is 265 g/mol. The Morgan fingerprint density at radius 1 is 1.11 bits per heavy atom. The zero-order valence-corrected chi connectivity index (χ0v) is 12.3. The number of nitrogens with zero attached hydrogens (tertiary/aromatic N) is 1. The molecule has 3 nitrogen and oxygen atoms in total. The summed E-state index contributed by atoms with van der Waals surface area (Å²) < 4.78 is 5.06. The number of methoxy groups -OCH3 is 1. The lowest BCUT2D eigenvalue weighted by molar-refractivity contribution is 0.157. The third-order valence-corrected chi connectivity index (χ3v) is 3.38. The molecule has 0 radical (unpaired) electrons. The standard InChI is InChI=1S/C16H27NO2/c1-3-4-5-6-7-8-9-12-15(18)14-11-10-13-16(17-14)19-2/h10-11,13,15,18H,3-9,12H2,1-2H3. The summed E-state index contributed by atoms with van der Waals surface area (Å²) >= 11 is 0. The minimum Gasteiger partial charge on any atom is -0.481 e. The molecule has 0 saturated heterocycles. The summed E-state index contributed by atoms with van der Waals surface area (Å²) in [6.07, 6.45) is 9.16. The van der Waals surface area contributed by atoms with Gasteiger partial charge in [0.1, 0.15) is 0 Å². The van der Waals surface area contributed by atoms with Crippen molar-refractivity contribution in [1.82, 2.24) is 4.98 Å². The van der Waals surface area contributed by atoms with Crippen molar-refractivity contribution < 1.29 is 9.84 Å². The first-order valence-corrected chi connectivity index (χ1v) is 7.47. The van der Waals surface area contributed by atoms with Gasteiger partial charge >= 0.3 is 0 Å². The fraction of sp³-hybridized carbons (Fsp3) is 0.688. The maximum atomic E-state index is 10.1. The Kier molecular flexibility index (Phi) is 8.23. The molecule has 108 valence electrons. The maximum Gasteiger partial charge on any atom is 0.213 e. The van der Waals surface area contributed by atoms with Gasteiger partial charge in [0.05, 0.1) is 18.9 Å². The van der Waals surface area contributed by atoms with Gasteiger partial charge in [-0.05, 0) is 12.5 Å². The second-order valence-electron chi connectivity index (χ2n) is 5.03. The van der Waals surface area contributed by atoms with Crippen molar-refractivity contribution in [2.24, 2.45) is 0 Å². The summed E-state index contributed by atoms with van der Waals surface area (Å²) in [7, 11) is 1.59. The molecule has 0 spiro atoms. The number of hydrogen-bond donors (Lipinski definition) is 1. The fourth-order valence-corrected chi connectivity index (χ4v) is 2.17. The number of aliphatic hydroxyl groups is 1. The minimum absolute atomic E-state index is 0.467. The molecular weight excluding hydrogens is 238 g/mol. The van der Waals surface area contributed by atoms with Crippen molar-refractivity contribution >= 4 is 0 Å². The number of unbranched alkanes of at least 4 members (excludes halogenated alkanes) is 6. The molecule has 1 aromatic heterocycles. The molecule has 0 saturated carbocycles. The molecule has 1 atom stereocenters. The van der Waals surface area contributed by atoms with Gasteiger partial charge in [-0.1, -0.05) is 57.9 Å². The van der Waals surface area contributed by atoms with Gasteiger partial charge in [0, 0.05) is 6.07 Å². The van der Waals surface area contributed by atoms with Crippen molar-refractivity contribution in [2.45, 2.75) is 64.4 Å². The lowest BCUT2D eigenvalue weighted by Gasteiger charge is -2.10. The smallest absolute Gasteiger partial charge is 0.213 e. The van der Waals surface area contributed by atoms with Gasteiger partial charge in [0.25, 0.3) is 0 Å². The van der Waals surface area contributed by atoms with Crippen LogP contribution in [0.4, 0.5) is 0 Å². The van der Waals surface area contributed by atoms with Crippen LogP contribution >= 0.6 is 0 Å². The summed E-state index contributed by atoms with van der Waals surface area (Å²) in [5, 5.41) is 10.1. The van der Waals surface area contributed by atoms with Gasteiger partial charge in [-0.3, -0.25) is 0 Å². The molecule has 0 bridgehead atoms. The van der Waals surface area contributed by atoms with E-state index in [-0.39, 0.29) is 0 Å². The molecule has 1 unspecified atom stereocenters. The Morgan fingerprint density at radius 3 is 2.47 bits per heavy atom. The Balaban J connectivity index is 2.18. The van der Waals surface area contributed by atoms with Crippen LogP contribution in [0.1, 0.15) is 70.1 Å². The van der Waals surface area contributed by atoms with E-state index in [9.17, 15) is 5.11 Å². The molecule has 0 aromatic carbocycles. The SMILES string of the molecule is CCCCCCCCCC(O)c1cccc(OC)n1. The highest BCUT2D eigenvalue weighted by Gasteiger charge is 2.09. The van der Waals surface area contributed by atoms with Crippen molar-refractivity contribution in [2.75, 3.05) is 7.11 Å². The Labute approximate surface area is 117 Å². The van der Waals surface area contributed by atoms with E-state index >= 15 is 0 Å². The van der Waals surface area contributed by atoms with Crippen LogP contribution < -0.4 is 4.74 Å². The third kappa shape index (κ3) is 6.58. The highest BCUT2D eigenvalue weighted by atomic mass is 16.5. The van der Waals surface area contributed by atoms with Gasteiger partial charge in [-0.2, -0.15) is 0 Å². The predicted molar refractivity (Wildman–Crippen MR) is 78.4 cm³/mol. The average Bonchev–Trinajstić information content (AvgIpc) is 2.46. The second kappa shape index (κ2) is 9.79. The van der Waals surface area contributed by atoms with E-state index in [0.717, 1.165) is 12.8 Å². The quantitative estimate of drug-likeness (QED) is 0.643. The Morgan fingerprint density at radius 2 is 1.79 bits per heavy atom. The van der Waals surface area contributed by atoms with Crippen molar-refractivity contribution in [3.05, 3.63) is 23.9 Å². The topological polar surface area (TPSA) is 42.4 Å². The number of pyridine rings is 1. The number of aromatic nitrogens is 1. The first kappa shape index (κ1) is 16.0. The predicted octanol–water partition coefficient (Wildman–Crippen LogP) is 4.26. The molecule has 1 aromatic rings. The van der Waals surface area contributed by atoms with Gasteiger partial charge in [-0.15, -0.1) is 0 Å². The Bertz CT molecular complexity index is 341. The summed E-state index contributed by atoms with van der Waals surface area (Å²) in [5.41, 5.74) is 0.713. The van der Waals surface area contributed by atoms with Crippen molar-refractivity contribution in [3.8, 4) is 5.88 Å². The van der Waals surface area contributed by atoms with Crippen LogP contribution in [0.25, 0.3) is 0 Å². The molecule has 0 aliphatic rings. The van der Waals surface area contributed by atoms with E-state index < -0.39 is 6.10 Å². The highest BCUT2D eigenvalue weighted by Crippen LogP contribution is 2.20. The van der Waals surface area contributed by atoms with Crippen molar-refractivity contribution in [3.63, 3.8) is 0 Å². The first-order valence-electron chi connectivity index (χ1n) is 7.47. The van der Waals surface area contributed by atoms with E-state index in [4.69, 9.17) is 4.74 Å². The molecule has 0 fully saturated rings. The number of hydrogen-bond acceptors (Lipinski definition) is 3. The lowest BCUT2D eigenvalue weighted by atomic mass is 10.0. The van der Waals surface area contributed by atoms with Gasteiger partial charge in [0.15, 0.2) is 0 Å². The van der Waals surface area contributed by atoms with E-state index in [2.05, 4.69) is 11.9 Å². The molecule has 0 aliphatic heterocycles. The molecule has 1 rings (SSSR count). The van der Waals surface area contributed by atoms with E-state index in [1.807, 2.05) is 12.1 Å². The molecular formula is C16H27NO2. The van der Waals surface area contributed by atoms with Crippen LogP contribution in [0.15, 0.2) is 18.2 Å². The molecule has 3 heteroatoms. The van der Waals surface area contributed by atoms with Crippen LogP contribution in [0.2, 0.25) is 0 Å². The summed E-state index contributed by atoms with van der Waals surface area (Å²) in [6, 6.07) is 5.52. The maximum absolute atomic E-state index is 10.1. The normalized spacial score (nSPS) is 12.4. The third-order valence-electron chi connectivity index (χ3n) is 3.38. The van der Waals surface area contributed by atoms with E-state index in [1.165, 1.54) is 38.5 Å².